The van der Waals surface area contributed by atoms with Crippen LogP contribution in [0.25, 0.3) is 0 Å². The number of nitrogens with one attached hydrogen (secondary N) is 1. The molecule has 14 heavy (non-hydrogen) atoms. The first-order chi connectivity index (χ1) is 4.57. The van der Waals surface area contributed by atoms with E-state index in [0.717, 1.165) is 0 Å². The molecule has 6 nitrogen and oxygen atoms in total. The molecule has 0 rings (SSSR count). The van der Waals surface area contributed by atoms with E-state index < -0.39 is 12.0 Å². The van der Waals surface area contributed by atoms with Crippen LogP contribution in [0.3, 0.4) is 0 Å². The molecule has 1 radical (unpaired) electrons. The standard InChI is InChI=1S/C5H9NO3S.Au.Na.2H2O.H/c1-3(7)6-4(2-10)5(8)9;;;;;/h4,10H,2H2,1H3,(H,6,7)(H,8,9);;;2*1H2;/t4-;;;;;/m0...../s1. The Hall–Kier alpha value is 0.950. The Bertz CT molecular complexity index is 161. The molecule has 87 valence electrons. The van der Waals surface area contributed by atoms with Crippen LogP contribution in [-0.4, -0.2) is 69.3 Å². The molecule has 0 aromatic heterocycles. The predicted octanol–water partition coefficient (Wildman–Crippen LogP) is -2.79. The summed E-state index contributed by atoms with van der Waals surface area (Å²) < 4.78 is 0. The normalized spacial score (nSPS) is 8.71. The zero-order valence-electron chi connectivity index (χ0n) is 6.80. The third kappa shape index (κ3) is 15.4. The number of thiol groups is 1. The summed E-state index contributed by atoms with van der Waals surface area (Å²) >= 11 is 3.73. The first-order valence-corrected chi connectivity index (χ1v) is 3.32. The van der Waals surface area contributed by atoms with E-state index >= 15 is 0 Å². The molecule has 0 aliphatic rings. The van der Waals surface area contributed by atoms with Crippen LogP contribution in [-0.2, 0) is 32.0 Å². The van der Waals surface area contributed by atoms with Gasteiger partial charge < -0.3 is 21.4 Å². The van der Waals surface area contributed by atoms with Gasteiger partial charge in [0.2, 0.25) is 5.91 Å². The second kappa shape index (κ2) is 16.4. The van der Waals surface area contributed by atoms with Crippen LogP contribution in [0.2, 0.25) is 0 Å². The quantitative estimate of drug-likeness (QED) is 0.337. The molecule has 1 atom stereocenters. The Morgan fingerprint density at radius 2 is 1.79 bits per heavy atom. The first-order valence-electron chi connectivity index (χ1n) is 2.68. The van der Waals surface area contributed by atoms with Gasteiger partial charge in [0.15, 0.2) is 0 Å². The molecule has 0 saturated heterocycles. The van der Waals surface area contributed by atoms with Gasteiger partial charge in [0, 0.05) is 35.1 Å². The number of aliphatic carboxylic acids is 1. The summed E-state index contributed by atoms with van der Waals surface area (Å²) in [6.45, 7) is 1.26. The van der Waals surface area contributed by atoms with Gasteiger partial charge in [-0.15, -0.1) is 0 Å². The minimum absolute atomic E-state index is 0. The minimum atomic E-state index is -1.06. The molecule has 0 aromatic carbocycles. The van der Waals surface area contributed by atoms with Crippen molar-refractivity contribution < 1.29 is 48.0 Å². The van der Waals surface area contributed by atoms with Crippen LogP contribution in [0.15, 0.2) is 0 Å². The molecule has 0 saturated carbocycles. The topological polar surface area (TPSA) is 129 Å². The number of carboxylic acids is 1. The van der Waals surface area contributed by atoms with Gasteiger partial charge in [-0.25, -0.2) is 4.79 Å². The van der Waals surface area contributed by atoms with Crippen molar-refractivity contribution in [3.63, 3.8) is 0 Å². The SMILES string of the molecule is CC(=O)N[C@@H](CS)C(=O)O.O.O.[Au].[NaH]. The summed E-state index contributed by atoms with van der Waals surface area (Å²) in [5.74, 6) is -1.32. The van der Waals surface area contributed by atoms with Crippen molar-refractivity contribution in [2.75, 3.05) is 5.75 Å². The molecular formula is C5H14AuNNaO5S. The molecule has 0 unspecified atom stereocenters. The Morgan fingerprint density at radius 1 is 1.43 bits per heavy atom. The second-order valence-corrected chi connectivity index (χ2v) is 2.14. The molecule has 0 aliphatic carbocycles. The zero-order chi connectivity index (χ0) is 8.15. The molecule has 0 fully saturated rings. The van der Waals surface area contributed by atoms with Crippen LogP contribution in [0.1, 0.15) is 6.92 Å². The summed E-state index contributed by atoms with van der Waals surface area (Å²) in [6, 6.07) is -0.874. The molecule has 0 aromatic rings. The van der Waals surface area contributed by atoms with Gasteiger partial charge in [0.25, 0.3) is 0 Å². The number of hydrogen-bond donors (Lipinski definition) is 3. The number of carboxylic acid groups (broad SMARTS) is 1. The van der Waals surface area contributed by atoms with E-state index in [4.69, 9.17) is 5.11 Å². The summed E-state index contributed by atoms with van der Waals surface area (Å²) in [7, 11) is 0. The Morgan fingerprint density at radius 3 is 1.86 bits per heavy atom. The third-order valence-electron chi connectivity index (χ3n) is 0.858. The van der Waals surface area contributed by atoms with Crippen LogP contribution in [0.4, 0.5) is 0 Å². The van der Waals surface area contributed by atoms with Crippen molar-refractivity contribution >= 4 is 54.1 Å². The molecule has 0 aliphatic heterocycles. The average Bonchev–Trinajstić information content (AvgIpc) is 1.81. The molecule has 6 N–H and O–H groups in total. The van der Waals surface area contributed by atoms with E-state index in [-0.39, 0.29) is 74.5 Å². The number of carbonyl (C=O) groups excluding carboxylic acids is 1. The van der Waals surface area contributed by atoms with Crippen molar-refractivity contribution in [1.29, 1.82) is 0 Å². The van der Waals surface area contributed by atoms with Crippen molar-refractivity contribution in [2.45, 2.75) is 13.0 Å². The van der Waals surface area contributed by atoms with Crippen LogP contribution < -0.4 is 5.32 Å². The zero-order valence-corrected chi connectivity index (χ0v) is 9.86. The summed E-state index contributed by atoms with van der Waals surface area (Å²) in [5.41, 5.74) is 0. The van der Waals surface area contributed by atoms with Gasteiger partial charge in [-0.2, -0.15) is 12.6 Å². The summed E-state index contributed by atoms with van der Waals surface area (Å²) in [6.07, 6.45) is 0. The fourth-order valence-electron chi connectivity index (χ4n) is 0.431. The van der Waals surface area contributed by atoms with Crippen molar-refractivity contribution in [1.82, 2.24) is 5.32 Å². The Balaban J connectivity index is -0.0000000675. The maximum absolute atomic E-state index is 10.3. The molecule has 9 heteroatoms. The number of hydrogen-bond acceptors (Lipinski definition) is 3. The van der Waals surface area contributed by atoms with Crippen LogP contribution >= 0.6 is 12.6 Å². The van der Waals surface area contributed by atoms with Gasteiger partial charge >= 0.3 is 35.5 Å². The molecule has 0 bridgehead atoms. The fraction of sp³-hybridized carbons (Fsp3) is 0.600. The van der Waals surface area contributed by atoms with E-state index in [1.807, 2.05) is 0 Å². The van der Waals surface area contributed by atoms with E-state index in [9.17, 15) is 9.59 Å². The van der Waals surface area contributed by atoms with Crippen molar-refractivity contribution in [3.05, 3.63) is 0 Å². The molecule has 1 amide bonds. The van der Waals surface area contributed by atoms with Gasteiger partial charge in [0.05, 0.1) is 0 Å². The molecule has 0 spiro atoms. The fourth-order valence-corrected chi connectivity index (χ4v) is 0.678. The molecule has 0 heterocycles. The Kier molecular flexibility index (Phi) is 34.4. The van der Waals surface area contributed by atoms with E-state index in [1.165, 1.54) is 6.92 Å². The van der Waals surface area contributed by atoms with Gasteiger partial charge in [-0.1, -0.05) is 0 Å². The maximum atomic E-state index is 10.3. The van der Waals surface area contributed by atoms with E-state index in [0.29, 0.717) is 0 Å². The Labute approximate surface area is 125 Å². The summed E-state index contributed by atoms with van der Waals surface area (Å²) in [4.78, 5) is 20.5. The van der Waals surface area contributed by atoms with E-state index in [2.05, 4.69) is 17.9 Å². The van der Waals surface area contributed by atoms with Crippen molar-refractivity contribution in [2.24, 2.45) is 0 Å². The monoisotopic (exact) mass is 420 g/mol. The van der Waals surface area contributed by atoms with Gasteiger partial charge in [0.1, 0.15) is 6.04 Å². The van der Waals surface area contributed by atoms with Crippen LogP contribution in [0.5, 0.6) is 0 Å². The predicted molar refractivity (Wildman–Crippen MR) is 53.5 cm³/mol. The van der Waals surface area contributed by atoms with Gasteiger partial charge in [-0.05, 0) is 0 Å². The summed E-state index contributed by atoms with van der Waals surface area (Å²) in [5, 5.41) is 10.6. The number of rotatable bonds is 3. The van der Waals surface area contributed by atoms with E-state index in [1.54, 1.807) is 0 Å². The third-order valence-corrected chi connectivity index (χ3v) is 1.22. The molecular weight excluding hydrogens is 406 g/mol. The van der Waals surface area contributed by atoms with Crippen LogP contribution in [0, 0.1) is 0 Å². The second-order valence-electron chi connectivity index (χ2n) is 1.77. The van der Waals surface area contributed by atoms with Crippen molar-refractivity contribution in [3.8, 4) is 0 Å². The first kappa shape index (κ1) is 29.4. The number of amides is 1. The average molecular weight is 420 g/mol. The van der Waals surface area contributed by atoms with Gasteiger partial charge in [-0.3, -0.25) is 4.79 Å². The number of carbonyl (C=O) groups is 2.